The van der Waals surface area contributed by atoms with Crippen LogP contribution in [0.5, 0.6) is 0 Å². The summed E-state index contributed by atoms with van der Waals surface area (Å²) in [6.07, 6.45) is 1.62. The molecule has 106 valence electrons. The average Bonchev–Trinajstić information content (AvgIpc) is 2.43. The van der Waals surface area contributed by atoms with Crippen LogP contribution >= 0.6 is 0 Å². The van der Waals surface area contributed by atoms with Gasteiger partial charge in [0.15, 0.2) is 0 Å². The summed E-state index contributed by atoms with van der Waals surface area (Å²) in [6, 6.07) is 6.87. The molecule has 5 nitrogen and oxygen atoms in total. The number of hydrogen-bond acceptors (Lipinski definition) is 4. The first-order chi connectivity index (χ1) is 9.52. The van der Waals surface area contributed by atoms with E-state index in [4.69, 9.17) is 10.2 Å². The highest BCUT2D eigenvalue weighted by molar-refractivity contribution is 5.93. The third-order valence-corrected chi connectivity index (χ3v) is 3.25. The lowest BCUT2D eigenvalue weighted by Crippen LogP contribution is -2.33. The molecule has 5 heteroatoms. The lowest BCUT2D eigenvalue weighted by Gasteiger charge is -2.15. The van der Waals surface area contributed by atoms with E-state index in [0.29, 0.717) is 11.7 Å². The maximum absolute atomic E-state index is 11.0. The highest BCUT2D eigenvalue weighted by Gasteiger charge is 2.17. The minimum atomic E-state index is -1.11. The number of nitrogens with one attached hydrogen (secondary N) is 1. The molecule has 2 aromatic rings. The van der Waals surface area contributed by atoms with E-state index in [1.54, 1.807) is 6.20 Å². The fraction of sp³-hybridized carbons (Fsp3) is 0.333. The molecule has 0 fully saturated rings. The number of nitrogens with zero attached hydrogens (tertiary/aromatic N) is 1. The quantitative estimate of drug-likeness (QED) is 0.778. The number of rotatable bonds is 5. The van der Waals surface area contributed by atoms with Gasteiger partial charge in [0.2, 0.25) is 0 Å². The molecular weight excluding hydrogens is 256 g/mol. The Hall–Kier alpha value is -2.14. The van der Waals surface area contributed by atoms with E-state index in [1.165, 1.54) is 0 Å². The molecule has 2 rings (SSSR count). The standard InChI is InChI=1S/C15H18N2O3/c1-9(2)11-4-3-10-5-6-16-14(12(10)7-11)17-13(8-18)15(19)20/h3-7,9,13,18H,8H2,1-2H3,(H,16,17)(H,19,20). The van der Waals surface area contributed by atoms with Crippen LogP contribution < -0.4 is 5.32 Å². The van der Waals surface area contributed by atoms with Gasteiger partial charge in [-0.3, -0.25) is 0 Å². The zero-order valence-corrected chi connectivity index (χ0v) is 11.5. The number of aliphatic hydroxyl groups excluding tert-OH is 1. The molecule has 1 unspecified atom stereocenters. The molecule has 0 aliphatic heterocycles. The van der Waals surface area contributed by atoms with Gasteiger partial charge >= 0.3 is 5.97 Å². The smallest absolute Gasteiger partial charge is 0.328 e. The van der Waals surface area contributed by atoms with Crippen LogP contribution in [0.15, 0.2) is 30.5 Å². The van der Waals surface area contributed by atoms with Gasteiger partial charge in [-0.2, -0.15) is 0 Å². The van der Waals surface area contributed by atoms with Crippen LogP contribution in [0.2, 0.25) is 0 Å². The van der Waals surface area contributed by atoms with Gasteiger partial charge in [0.1, 0.15) is 11.9 Å². The largest absolute Gasteiger partial charge is 0.480 e. The SMILES string of the molecule is CC(C)c1ccc2ccnc(NC(CO)C(=O)O)c2c1. The van der Waals surface area contributed by atoms with Crippen LogP contribution in [0.3, 0.4) is 0 Å². The van der Waals surface area contributed by atoms with E-state index in [1.807, 2.05) is 18.2 Å². The summed E-state index contributed by atoms with van der Waals surface area (Å²) in [7, 11) is 0. The maximum Gasteiger partial charge on any atom is 0.328 e. The molecule has 3 N–H and O–H groups in total. The normalized spacial score (nSPS) is 12.6. The predicted octanol–water partition coefficient (Wildman–Crippen LogP) is 2.22. The number of anilines is 1. The van der Waals surface area contributed by atoms with Crippen LogP contribution in [0.1, 0.15) is 25.3 Å². The van der Waals surface area contributed by atoms with Crippen LogP contribution in [0.25, 0.3) is 10.8 Å². The van der Waals surface area contributed by atoms with Crippen molar-refractivity contribution < 1.29 is 15.0 Å². The molecule has 0 saturated carbocycles. The molecule has 1 heterocycles. The maximum atomic E-state index is 11.0. The number of carboxylic acid groups (broad SMARTS) is 1. The van der Waals surface area contributed by atoms with Crippen molar-refractivity contribution in [1.82, 2.24) is 4.98 Å². The lowest BCUT2D eigenvalue weighted by atomic mass is 10.00. The van der Waals surface area contributed by atoms with Crippen LogP contribution in [-0.2, 0) is 4.79 Å². The first-order valence-corrected chi connectivity index (χ1v) is 6.51. The van der Waals surface area contributed by atoms with Crippen LogP contribution in [0.4, 0.5) is 5.82 Å². The van der Waals surface area contributed by atoms with E-state index in [9.17, 15) is 4.79 Å². The van der Waals surface area contributed by atoms with E-state index < -0.39 is 18.6 Å². The van der Waals surface area contributed by atoms with Gasteiger partial charge in [-0.05, 0) is 29.0 Å². The highest BCUT2D eigenvalue weighted by atomic mass is 16.4. The fourth-order valence-electron chi connectivity index (χ4n) is 2.01. The van der Waals surface area contributed by atoms with Gasteiger partial charge in [0.25, 0.3) is 0 Å². The summed E-state index contributed by atoms with van der Waals surface area (Å²) in [5.41, 5.74) is 1.16. The number of pyridine rings is 1. The van der Waals surface area contributed by atoms with Crippen molar-refractivity contribution in [2.45, 2.75) is 25.8 Å². The third-order valence-electron chi connectivity index (χ3n) is 3.25. The molecule has 1 aromatic carbocycles. The van der Waals surface area contributed by atoms with Crippen molar-refractivity contribution in [3.05, 3.63) is 36.0 Å². The van der Waals surface area contributed by atoms with Gasteiger partial charge < -0.3 is 15.5 Å². The molecule has 0 radical (unpaired) electrons. The summed E-state index contributed by atoms with van der Waals surface area (Å²) >= 11 is 0. The number of carboxylic acids is 1. The van der Waals surface area contributed by atoms with Gasteiger partial charge in [0, 0.05) is 11.6 Å². The summed E-state index contributed by atoms with van der Waals surface area (Å²) < 4.78 is 0. The fourth-order valence-corrected chi connectivity index (χ4v) is 2.01. The summed E-state index contributed by atoms with van der Waals surface area (Å²) in [4.78, 5) is 15.2. The van der Waals surface area contributed by atoms with Crippen LogP contribution in [-0.4, -0.2) is 33.8 Å². The minimum Gasteiger partial charge on any atom is -0.480 e. The Morgan fingerprint density at radius 3 is 2.70 bits per heavy atom. The van der Waals surface area contributed by atoms with Crippen molar-refractivity contribution in [3.63, 3.8) is 0 Å². The van der Waals surface area contributed by atoms with Gasteiger partial charge in [0.05, 0.1) is 6.61 Å². The minimum absolute atomic E-state index is 0.376. The van der Waals surface area contributed by atoms with E-state index in [0.717, 1.165) is 16.3 Å². The molecule has 0 aliphatic carbocycles. The van der Waals surface area contributed by atoms with Crippen molar-refractivity contribution in [2.24, 2.45) is 0 Å². The van der Waals surface area contributed by atoms with Crippen molar-refractivity contribution in [3.8, 4) is 0 Å². The van der Waals surface area contributed by atoms with Gasteiger partial charge in [-0.1, -0.05) is 26.0 Å². The summed E-state index contributed by atoms with van der Waals surface area (Å²) in [5, 5.41) is 22.7. The average molecular weight is 274 g/mol. The van der Waals surface area contributed by atoms with Gasteiger partial charge in [-0.15, -0.1) is 0 Å². The third kappa shape index (κ3) is 2.88. The first kappa shape index (κ1) is 14.3. The number of aliphatic carboxylic acids is 1. The summed E-state index contributed by atoms with van der Waals surface area (Å²) in [6.45, 7) is 3.70. The molecule has 1 aromatic heterocycles. The van der Waals surface area contributed by atoms with E-state index >= 15 is 0 Å². The molecular formula is C15H18N2O3. The molecule has 0 aliphatic rings. The van der Waals surface area contributed by atoms with Crippen LogP contribution in [0, 0.1) is 0 Å². The zero-order chi connectivity index (χ0) is 14.7. The van der Waals surface area contributed by atoms with Gasteiger partial charge in [-0.25, -0.2) is 9.78 Å². The molecule has 1 atom stereocenters. The molecule has 0 amide bonds. The summed E-state index contributed by atoms with van der Waals surface area (Å²) in [5.74, 6) is -0.252. The Labute approximate surface area is 117 Å². The number of benzene rings is 1. The molecule has 0 spiro atoms. The first-order valence-electron chi connectivity index (χ1n) is 6.51. The molecule has 0 saturated heterocycles. The molecule has 20 heavy (non-hydrogen) atoms. The van der Waals surface area contributed by atoms with E-state index in [-0.39, 0.29) is 0 Å². The number of fused-ring (bicyclic) bond motifs is 1. The second-order valence-electron chi connectivity index (χ2n) is 5.01. The monoisotopic (exact) mass is 274 g/mol. The Morgan fingerprint density at radius 1 is 1.35 bits per heavy atom. The number of aromatic nitrogens is 1. The predicted molar refractivity (Wildman–Crippen MR) is 78.0 cm³/mol. The highest BCUT2D eigenvalue weighted by Crippen LogP contribution is 2.26. The topological polar surface area (TPSA) is 82.5 Å². The molecule has 0 bridgehead atoms. The lowest BCUT2D eigenvalue weighted by molar-refractivity contribution is -0.138. The Kier molecular flexibility index (Phi) is 4.20. The zero-order valence-electron chi connectivity index (χ0n) is 11.5. The second kappa shape index (κ2) is 5.88. The van der Waals surface area contributed by atoms with Crippen molar-refractivity contribution >= 4 is 22.6 Å². The Bertz CT molecular complexity index is 626. The van der Waals surface area contributed by atoms with Crippen molar-refractivity contribution in [2.75, 3.05) is 11.9 Å². The van der Waals surface area contributed by atoms with Crippen molar-refractivity contribution in [1.29, 1.82) is 0 Å². The Morgan fingerprint density at radius 2 is 2.10 bits per heavy atom. The number of aliphatic hydroxyl groups is 1. The van der Waals surface area contributed by atoms with E-state index in [2.05, 4.69) is 30.2 Å². The Balaban J connectivity index is 2.46. The number of carbonyl (C=O) groups is 1. The second-order valence-corrected chi connectivity index (χ2v) is 5.01. The number of hydrogen-bond donors (Lipinski definition) is 3.